The smallest absolute Gasteiger partial charge is 0.321 e. The predicted octanol–water partition coefficient (Wildman–Crippen LogP) is 0.890. The molecule has 1 aromatic carbocycles. The van der Waals surface area contributed by atoms with Gasteiger partial charge in [-0.1, -0.05) is 11.6 Å². The Bertz CT molecular complexity index is 605. The van der Waals surface area contributed by atoms with Crippen molar-refractivity contribution in [2.24, 2.45) is 5.92 Å². The fraction of sp³-hybridized carbons (Fsp3) is 0.357. The zero-order valence-electron chi connectivity index (χ0n) is 11.8. The summed E-state index contributed by atoms with van der Waals surface area (Å²) in [6.45, 7) is -0.352. The highest BCUT2D eigenvalue weighted by atomic mass is 35.5. The van der Waals surface area contributed by atoms with Gasteiger partial charge in [0.2, 0.25) is 0 Å². The van der Waals surface area contributed by atoms with Gasteiger partial charge in [0.1, 0.15) is 12.4 Å². The first-order valence-corrected chi connectivity index (χ1v) is 6.97. The summed E-state index contributed by atoms with van der Waals surface area (Å²) in [7, 11) is 1.37. The molecule has 0 spiro atoms. The van der Waals surface area contributed by atoms with E-state index >= 15 is 0 Å². The zero-order chi connectivity index (χ0) is 16.1. The van der Waals surface area contributed by atoms with Crippen molar-refractivity contribution < 1.29 is 23.9 Å². The summed E-state index contributed by atoms with van der Waals surface area (Å²) < 4.78 is 10.4. The third kappa shape index (κ3) is 4.11. The minimum atomic E-state index is -0.701. The fourth-order valence-electron chi connectivity index (χ4n) is 1.99. The summed E-state index contributed by atoms with van der Waals surface area (Å²) in [5, 5.41) is 4.77. The van der Waals surface area contributed by atoms with E-state index in [1.807, 2.05) is 5.32 Å². The second-order valence-corrected chi connectivity index (χ2v) is 5.14. The van der Waals surface area contributed by atoms with Gasteiger partial charge in [-0.25, -0.2) is 4.79 Å². The highest BCUT2D eigenvalue weighted by Gasteiger charge is 2.28. The number of halogens is 1. The number of rotatable bonds is 3. The Kier molecular flexibility index (Phi) is 5.21. The minimum Gasteiger partial charge on any atom is -0.492 e. The lowest BCUT2D eigenvalue weighted by molar-refractivity contribution is -0.153. The molecule has 0 saturated heterocycles. The van der Waals surface area contributed by atoms with Crippen molar-refractivity contribution in [1.29, 1.82) is 0 Å². The summed E-state index contributed by atoms with van der Waals surface area (Å²) in [5.41, 5.74) is 0.815. The van der Waals surface area contributed by atoms with Crippen LogP contribution in [-0.2, 0) is 20.7 Å². The van der Waals surface area contributed by atoms with Gasteiger partial charge in [-0.05, 0) is 30.2 Å². The molecule has 0 aromatic heterocycles. The Hall–Kier alpha value is -2.28. The lowest BCUT2D eigenvalue weighted by Gasteiger charge is -2.24. The maximum absolute atomic E-state index is 11.9. The van der Waals surface area contributed by atoms with Crippen LogP contribution in [0.4, 0.5) is 4.79 Å². The molecule has 7 nitrogen and oxygen atoms in total. The molecule has 118 valence electrons. The van der Waals surface area contributed by atoms with E-state index in [0.29, 0.717) is 17.2 Å². The van der Waals surface area contributed by atoms with Crippen molar-refractivity contribution >= 4 is 29.5 Å². The van der Waals surface area contributed by atoms with E-state index < -0.39 is 30.4 Å². The normalized spacial score (nSPS) is 16.0. The van der Waals surface area contributed by atoms with E-state index in [-0.39, 0.29) is 6.61 Å². The molecular weight excluding hydrogens is 312 g/mol. The third-order valence-electron chi connectivity index (χ3n) is 3.09. The van der Waals surface area contributed by atoms with Gasteiger partial charge in [-0.3, -0.25) is 14.9 Å². The molecule has 22 heavy (non-hydrogen) atoms. The molecule has 1 atom stereocenters. The van der Waals surface area contributed by atoms with Crippen molar-refractivity contribution in [3.8, 4) is 5.75 Å². The molecule has 2 N–H and O–H groups in total. The SMILES string of the molecule is CNC(=O)NC(=O)COC(=O)[C@H]1COc2ccc(Cl)cc2C1. The van der Waals surface area contributed by atoms with Crippen LogP contribution in [0, 0.1) is 5.92 Å². The standard InChI is InChI=1S/C14H15ClN2O5/c1-16-14(20)17-12(18)7-22-13(19)9-4-8-5-10(15)2-3-11(8)21-6-9/h2-3,5,9H,4,6-7H2,1H3,(H2,16,17,18,20)/t9-/m1/s1. The molecule has 2 rings (SSSR count). The number of ether oxygens (including phenoxy) is 2. The molecular formula is C14H15ClN2O5. The number of carbonyl (C=O) groups excluding carboxylic acids is 3. The van der Waals surface area contributed by atoms with Crippen molar-refractivity contribution in [1.82, 2.24) is 10.6 Å². The first kappa shape index (κ1) is 16.1. The molecule has 0 bridgehead atoms. The second kappa shape index (κ2) is 7.13. The zero-order valence-corrected chi connectivity index (χ0v) is 12.6. The largest absolute Gasteiger partial charge is 0.492 e. The Morgan fingerprint density at radius 2 is 2.18 bits per heavy atom. The van der Waals surface area contributed by atoms with Crippen LogP contribution in [0.5, 0.6) is 5.75 Å². The number of urea groups is 1. The third-order valence-corrected chi connectivity index (χ3v) is 3.32. The molecule has 1 aliphatic heterocycles. The Morgan fingerprint density at radius 3 is 2.91 bits per heavy atom. The van der Waals surface area contributed by atoms with Crippen LogP contribution in [0.2, 0.25) is 5.02 Å². The maximum atomic E-state index is 11.9. The van der Waals surface area contributed by atoms with Gasteiger partial charge in [-0.15, -0.1) is 0 Å². The van der Waals surface area contributed by atoms with E-state index in [1.165, 1.54) is 7.05 Å². The van der Waals surface area contributed by atoms with Crippen molar-refractivity contribution in [3.63, 3.8) is 0 Å². The molecule has 0 saturated carbocycles. The topological polar surface area (TPSA) is 93.7 Å². The Balaban J connectivity index is 1.86. The molecule has 8 heteroatoms. The quantitative estimate of drug-likeness (QED) is 0.805. The van der Waals surface area contributed by atoms with Gasteiger partial charge in [0.05, 0.1) is 5.92 Å². The van der Waals surface area contributed by atoms with E-state index in [9.17, 15) is 14.4 Å². The molecule has 0 fully saturated rings. The van der Waals surface area contributed by atoms with Gasteiger partial charge in [0.15, 0.2) is 6.61 Å². The van der Waals surface area contributed by atoms with Crippen molar-refractivity contribution in [2.75, 3.05) is 20.3 Å². The van der Waals surface area contributed by atoms with Crippen LogP contribution in [0.25, 0.3) is 0 Å². The fourth-order valence-corrected chi connectivity index (χ4v) is 2.19. The van der Waals surface area contributed by atoms with Crippen LogP contribution < -0.4 is 15.4 Å². The van der Waals surface area contributed by atoms with Crippen molar-refractivity contribution in [2.45, 2.75) is 6.42 Å². The molecule has 1 aliphatic rings. The van der Waals surface area contributed by atoms with E-state index in [1.54, 1.807) is 18.2 Å². The average Bonchev–Trinajstić information content (AvgIpc) is 2.51. The van der Waals surface area contributed by atoms with E-state index in [0.717, 1.165) is 5.56 Å². The van der Waals surface area contributed by atoms with E-state index in [2.05, 4.69) is 5.32 Å². The van der Waals surface area contributed by atoms with Crippen LogP contribution in [0.3, 0.4) is 0 Å². The molecule has 3 amide bonds. The number of fused-ring (bicyclic) bond motifs is 1. The lowest BCUT2D eigenvalue weighted by Crippen LogP contribution is -2.40. The van der Waals surface area contributed by atoms with Crippen LogP contribution in [0.15, 0.2) is 18.2 Å². The number of esters is 1. The Labute approximate surface area is 131 Å². The van der Waals surface area contributed by atoms with E-state index in [4.69, 9.17) is 21.1 Å². The van der Waals surface area contributed by atoms with Gasteiger partial charge in [0, 0.05) is 12.1 Å². The predicted molar refractivity (Wildman–Crippen MR) is 77.7 cm³/mol. The summed E-state index contributed by atoms with van der Waals surface area (Å²) in [6.07, 6.45) is 0.422. The Morgan fingerprint density at radius 1 is 1.41 bits per heavy atom. The van der Waals surface area contributed by atoms with Gasteiger partial charge < -0.3 is 14.8 Å². The molecule has 0 radical (unpaired) electrons. The van der Waals surface area contributed by atoms with Gasteiger partial charge in [-0.2, -0.15) is 0 Å². The first-order valence-electron chi connectivity index (χ1n) is 6.59. The number of benzene rings is 1. The number of hydrogen-bond donors (Lipinski definition) is 2. The number of nitrogens with one attached hydrogen (secondary N) is 2. The number of imide groups is 1. The number of hydrogen-bond acceptors (Lipinski definition) is 5. The maximum Gasteiger partial charge on any atom is 0.321 e. The lowest BCUT2D eigenvalue weighted by atomic mass is 9.97. The highest BCUT2D eigenvalue weighted by molar-refractivity contribution is 6.30. The highest BCUT2D eigenvalue weighted by Crippen LogP contribution is 2.30. The molecule has 0 aliphatic carbocycles. The molecule has 1 aromatic rings. The second-order valence-electron chi connectivity index (χ2n) is 4.70. The molecule has 1 heterocycles. The summed E-state index contributed by atoms with van der Waals surface area (Å²) in [5.74, 6) is -1.09. The molecule has 0 unspecified atom stereocenters. The minimum absolute atomic E-state index is 0.171. The van der Waals surface area contributed by atoms with Crippen molar-refractivity contribution in [3.05, 3.63) is 28.8 Å². The van der Waals surface area contributed by atoms with Gasteiger partial charge in [0.25, 0.3) is 5.91 Å². The number of carbonyl (C=O) groups is 3. The van der Waals surface area contributed by atoms with Crippen LogP contribution >= 0.6 is 11.6 Å². The number of amides is 3. The average molecular weight is 327 g/mol. The van der Waals surface area contributed by atoms with Crippen LogP contribution in [0.1, 0.15) is 5.56 Å². The monoisotopic (exact) mass is 326 g/mol. The van der Waals surface area contributed by atoms with Gasteiger partial charge >= 0.3 is 12.0 Å². The summed E-state index contributed by atoms with van der Waals surface area (Å²) in [4.78, 5) is 34.2. The summed E-state index contributed by atoms with van der Waals surface area (Å²) >= 11 is 5.91. The first-order chi connectivity index (χ1) is 10.5. The summed E-state index contributed by atoms with van der Waals surface area (Å²) in [6, 6.07) is 4.53. The van der Waals surface area contributed by atoms with Crippen LogP contribution in [-0.4, -0.2) is 38.2 Å².